The number of hydrogen-bond donors (Lipinski definition) is 2. The van der Waals surface area contributed by atoms with Crippen LogP contribution in [-0.2, 0) is 0 Å². The lowest BCUT2D eigenvalue weighted by Crippen LogP contribution is -2.13. The average molecular weight is 182 g/mol. The Morgan fingerprint density at radius 1 is 1.54 bits per heavy atom. The zero-order valence-electron chi connectivity index (χ0n) is 7.09. The van der Waals surface area contributed by atoms with Crippen molar-refractivity contribution in [1.82, 2.24) is 0 Å². The van der Waals surface area contributed by atoms with E-state index in [2.05, 4.69) is 0 Å². The summed E-state index contributed by atoms with van der Waals surface area (Å²) < 4.78 is 17.7. The van der Waals surface area contributed by atoms with Crippen LogP contribution in [0.1, 0.15) is 6.42 Å². The Morgan fingerprint density at radius 3 is 2.92 bits per heavy atom. The molecule has 0 aromatic heterocycles. The minimum absolute atomic E-state index is 0.0661. The molecule has 0 aliphatic rings. The molecule has 1 aromatic rings. The van der Waals surface area contributed by atoms with Gasteiger partial charge in [-0.3, -0.25) is 5.41 Å². The summed E-state index contributed by atoms with van der Waals surface area (Å²) in [5.41, 5.74) is 5.12. The van der Waals surface area contributed by atoms with Gasteiger partial charge < -0.3 is 10.5 Å². The van der Waals surface area contributed by atoms with Gasteiger partial charge in [0.05, 0.1) is 12.4 Å². The number of halogens is 1. The van der Waals surface area contributed by atoms with Crippen molar-refractivity contribution < 1.29 is 9.13 Å². The molecule has 0 spiro atoms. The summed E-state index contributed by atoms with van der Waals surface area (Å²) in [6.07, 6.45) is 0.358. The summed E-state index contributed by atoms with van der Waals surface area (Å²) in [6, 6.07) is 5.86. The van der Waals surface area contributed by atoms with Crippen LogP contribution in [0.2, 0.25) is 0 Å². The lowest BCUT2D eigenvalue weighted by Gasteiger charge is -2.04. The zero-order chi connectivity index (χ0) is 9.68. The van der Waals surface area contributed by atoms with Crippen LogP contribution in [0.25, 0.3) is 0 Å². The van der Waals surface area contributed by atoms with Crippen molar-refractivity contribution in [2.75, 3.05) is 6.61 Å². The summed E-state index contributed by atoms with van der Waals surface area (Å²) in [7, 11) is 0. The maximum atomic E-state index is 12.6. The third-order valence-corrected chi connectivity index (χ3v) is 1.44. The van der Waals surface area contributed by atoms with Gasteiger partial charge >= 0.3 is 0 Å². The van der Waals surface area contributed by atoms with E-state index in [9.17, 15) is 4.39 Å². The van der Waals surface area contributed by atoms with E-state index < -0.39 is 0 Å². The van der Waals surface area contributed by atoms with Gasteiger partial charge in [-0.2, -0.15) is 0 Å². The number of benzene rings is 1. The normalized spacial score (nSPS) is 9.62. The third kappa shape index (κ3) is 3.55. The molecule has 0 bridgehead atoms. The molecular formula is C9H11FN2O. The fourth-order valence-corrected chi connectivity index (χ4v) is 0.836. The second kappa shape index (κ2) is 4.45. The molecule has 0 saturated carbocycles. The third-order valence-electron chi connectivity index (χ3n) is 1.44. The van der Waals surface area contributed by atoms with Gasteiger partial charge in [0, 0.05) is 12.5 Å². The van der Waals surface area contributed by atoms with E-state index in [0.717, 1.165) is 0 Å². The molecule has 3 nitrogen and oxygen atoms in total. The predicted molar refractivity (Wildman–Crippen MR) is 48.4 cm³/mol. The second-order valence-corrected chi connectivity index (χ2v) is 2.58. The van der Waals surface area contributed by atoms with Crippen LogP contribution in [0, 0.1) is 11.2 Å². The molecule has 1 rings (SSSR count). The molecule has 3 N–H and O–H groups in total. The molecule has 0 amide bonds. The van der Waals surface area contributed by atoms with Gasteiger partial charge in [-0.05, 0) is 12.1 Å². The first-order valence-electron chi connectivity index (χ1n) is 3.90. The minimum atomic E-state index is -0.333. The van der Waals surface area contributed by atoms with E-state index in [-0.39, 0.29) is 11.7 Å². The van der Waals surface area contributed by atoms with Gasteiger partial charge in [-0.1, -0.05) is 6.07 Å². The highest BCUT2D eigenvalue weighted by atomic mass is 19.1. The molecule has 0 saturated heterocycles. The van der Waals surface area contributed by atoms with E-state index in [0.29, 0.717) is 18.8 Å². The van der Waals surface area contributed by atoms with Gasteiger partial charge in [0.1, 0.15) is 11.6 Å². The quantitative estimate of drug-likeness (QED) is 0.548. The minimum Gasteiger partial charge on any atom is -0.493 e. The first kappa shape index (κ1) is 9.51. The van der Waals surface area contributed by atoms with Crippen LogP contribution in [0.5, 0.6) is 5.75 Å². The molecule has 4 heteroatoms. The molecule has 0 fully saturated rings. The maximum absolute atomic E-state index is 12.6. The van der Waals surface area contributed by atoms with Crippen LogP contribution >= 0.6 is 0 Å². The van der Waals surface area contributed by atoms with E-state index in [4.69, 9.17) is 15.9 Å². The van der Waals surface area contributed by atoms with Crippen molar-refractivity contribution in [3.63, 3.8) is 0 Å². The highest BCUT2D eigenvalue weighted by molar-refractivity contribution is 5.76. The van der Waals surface area contributed by atoms with Crippen molar-refractivity contribution in [3.05, 3.63) is 30.1 Å². The van der Waals surface area contributed by atoms with Crippen LogP contribution in [0.3, 0.4) is 0 Å². The summed E-state index contributed by atoms with van der Waals surface area (Å²) in [4.78, 5) is 0. The molecule has 70 valence electrons. The molecule has 0 unspecified atom stereocenters. The summed E-state index contributed by atoms with van der Waals surface area (Å²) in [5, 5.41) is 6.93. The SMILES string of the molecule is N=C(N)CCOc1cccc(F)c1. The second-order valence-electron chi connectivity index (χ2n) is 2.58. The number of nitrogens with two attached hydrogens (primary N) is 1. The molecule has 0 radical (unpaired) electrons. The fraction of sp³-hybridized carbons (Fsp3) is 0.222. The van der Waals surface area contributed by atoms with Crippen molar-refractivity contribution in [1.29, 1.82) is 5.41 Å². The first-order valence-corrected chi connectivity index (χ1v) is 3.90. The molecule has 0 heterocycles. The number of hydrogen-bond acceptors (Lipinski definition) is 2. The van der Waals surface area contributed by atoms with Crippen LogP contribution in [-0.4, -0.2) is 12.4 Å². The topological polar surface area (TPSA) is 59.1 Å². The lowest BCUT2D eigenvalue weighted by molar-refractivity contribution is 0.327. The average Bonchev–Trinajstić information content (AvgIpc) is 2.03. The monoisotopic (exact) mass is 182 g/mol. The maximum Gasteiger partial charge on any atom is 0.126 e. The Morgan fingerprint density at radius 2 is 2.31 bits per heavy atom. The standard InChI is InChI=1S/C9H11FN2O/c10-7-2-1-3-8(6-7)13-5-4-9(11)12/h1-3,6H,4-5H2,(H3,11,12). The fourth-order valence-electron chi connectivity index (χ4n) is 0.836. The highest BCUT2D eigenvalue weighted by Gasteiger charge is 1.96. The highest BCUT2D eigenvalue weighted by Crippen LogP contribution is 2.11. The zero-order valence-corrected chi connectivity index (χ0v) is 7.09. The van der Waals surface area contributed by atoms with Gasteiger partial charge in [0.25, 0.3) is 0 Å². The Balaban J connectivity index is 2.41. The van der Waals surface area contributed by atoms with Crippen LogP contribution in [0.15, 0.2) is 24.3 Å². The molecule has 13 heavy (non-hydrogen) atoms. The predicted octanol–water partition coefficient (Wildman–Crippen LogP) is 1.53. The van der Waals surface area contributed by atoms with E-state index in [1.54, 1.807) is 12.1 Å². The van der Waals surface area contributed by atoms with Crippen molar-refractivity contribution in [2.24, 2.45) is 5.73 Å². The smallest absolute Gasteiger partial charge is 0.126 e. The summed E-state index contributed by atoms with van der Waals surface area (Å²) in [5.74, 6) is 0.193. The largest absolute Gasteiger partial charge is 0.493 e. The van der Waals surface area contributed by atoms with Crippen molar-refractivity contribution >= 4 is 5.84 Å². The van der Waals surface area contributed by atoms with Gasteiger partial charge in [-0.25, -0.2) is 4.39 Å². The van der Waals surface area contributed by atoms with Crippen LogP contribution in [0.4, 0.5) is 4.39 Å². The van der Waals surface area contributed by atoms with Crippen molar-refractivity contribution in [2.45, 2.75) is 6.42 Å². The Hall–Kier alpha value is -1.58. The van der Waals surface area contributed by atoms with Crippen molar-refractivity contribution in [3.8, 4) is 5.75 Å². The van der Waals surface area contributed by atoms with E-state index in [1.807, 2.05) is 0 Å². The summed E-state index contributed by atoms with van der Waals surface area (Å²) >= 11 is 0. The summed E-state index contributed by atoms with van der Waals surface area (Å²) in [6.45, 7) is 0.304. The lowest BCUT2D eigenvalue weighted by atomic mass is 10.3. The van der Waals surface area contributed by atoms with Gasteiger partial charge in [0.15, 0.2) is 0 Å². The van der Waals surface area contributed by atoms with Gasteiger partial charge in [-0.15, -0.1) is 0 Å². The first-order chi connectivity index (χ1) is 6.18. The van der Waals surface area contributed by atoms with Gasteiger partial charge in [0.2, 0.25) is 0 Å². The number of rotatable bonds is 4. The Labute approximate surface area is 75.8 Å². The van der Waals surface area contributed by atoms with E-state index >= 15 is 0 Å². The molecule has 0 aliphatic carbocycles. The molecular weight excluding hydrogens is 171 g/mol. The van der Waals surface area contributed by atoms with E-state index in [1.165, 1.54) is 12.1 Å². The Kier molecular flexibility index (Phi) is 3.25. The number of nitrogens with one attached hydrogen (secondary N) is 1. The number of amidine groups is 1. The molecule has 1 aromatic carbocycles. The molecule has 0 atom stereocenters. The molecule has 0 aliphatic heterocycles. The van der Waals surface area contributed by atoms with Crippen LogP contribution < -0.4 is 10.5 Å². The number of ether oxygens (including phenoxy) is 1. The Bertz CT molecular complexity index is 301.